The van der Waals surface area contributed by atoms with E-state index in [0.717, 1.165) is 0 Å². The van der Waals surface area contributed by atoms with Crippen molar-refractivity contribution in [1.82, 2.24) is 9.88 Å². The van der Waals surface area contributed by atoms with E-state index in [4.69, 9.17) is 5.11 Å². The highest BCUT2D eigenvalue weighted by Crippen LogP contribution is 2.06. The number of nitrogens with one attached hydrogen (secondary N) is 1. The van der Waals surface area contributed by atoms with E-state index in [1.54, 1.807) is 18.3 Å². The summed E-state index contributed by atoms with van der Waals surface area (Å²) in [6.45, 7) is 3.92. The van der Waals surface area contributed by atoms with Gasteiger partial charge in [0.25, 0.3) is 0 Å². The zero-order chi connectivity index (χ0) is 13.5. The Morgan fingerprint density at radius 3 is 2.72 bits per heavy atom. The van der Waals surface area contributed by atoms with Crippen molar-refractivity contribution in [2.24, 2.45) is 5.92 Å². The van der Waals surface area contributed by atoms with Gasteiger partial charge in [0.05, 0.1) is 11.9 Å². The van der Waals surface area contributed by atoms with Crippen LogP contribution in [0.2, 0.25) is 0 Å². The molecule has 0 aliphatic heterocycles. The molecule has 1 aromatic heterocycles. The molecule has 0 saturated carbocycles. The fraction of sp³-hybridized carbons (Fsp3) is 0.417. The number of aromatic nitrogens is 1. The van der Waals surface area contributed by atoms with E-state index in [1.807, 2.05) is 13.8 Å². The normalized spacial score (nSPS) is 10.2. The molecule has 1 rings (SSSR count). The molecule has 98 valence electrons. The molecule has 6 heteroatoms. The summed E-state index contributed by atoms with van der Waals surface area (Å²) in [5.74, 6) is -0.832. The molecule has 0 unspecified atom stereocenters. The van der Waals surface area contributed by atoms with Gasteiger partial charge in [0.15, 0.2) is 0 Å². The van der Waals surface area contributed by atoms with Crippen LogP contribution in [-0.4, -0.2) is 40.1 Å². The number of carboxylic acid groups (broad SMARTS) is 1. The van der Waals surface area contributed by atoms with Crippen molar-refractivity contribution in [1.29, 1.82) is 0 Å². The van der Waals surface area contributed by atoms with Gasteiger partial charge in [-0.2, -0.15) is 0 Å². The zero-order valence-corrected chi connectivity index (χ0v) is 10.5. The van der Waals surface area contributed by atoms with E-state index in [9.17, 15) is 9.59 Å². The van der Waals surface area contributed by atoms with Gasteiger partial charge in [-0.15, -0.1) is 0 Å². The van der Waals surface area contributed by atoms with Gasteiger partial charge in [-0.05, 0) is 18.1 Å². The first kappa shape index (κ1) is 14.0. The van der Waals surface area contributed by atoms with E-state index < -0.39 is 12.0 Å². The molecule has 6 nitrogen and oxygen atoms in total. The van der Waals surface area contributed by atoms with Gasteiger partial charge in [-0.25, -0.2) is 4.79 Å². The van der Waals surface area contributed by atoms with Crippen LogP contribution in [0, 0.1) is 5.92 Å². The lowest BCUT2D eigenvalue weighted by Crippen LogP contribution is -2.40. The molecule has 0 fully saturated rings. The molecular formula is C12H17N3O3. The molecule has 0 bridgehead atoms. The smallest absolute Gasteiger partial charge is 0.323 e. The van der Waals surface area contributed by atoms with Crippen molar-refractivity contribution in [3.8, 4) is 0 Å². The van der Waals surface area contributed by atoms with Crippen LogP contribution in [0.15, 0.2) is 24.5 Å². The Hall–Kier alpha value is -2.11. The Kier molecular flexibility index (Phi) is 5.10. The summed E-state index contributed by atoms with van der Waals surface area (Å²) in [5.41, 5.74) is 0.543. The largest absolute Gasteiger partial charge is 0.480 e. The van der Waals surface area contributed by atoms with Crippen molar-refractivity contribution in [2.45, 2.75) is 13.8 Å². The predicted molar refractivity (Wildman–Crippen MR) is 67.3 cm³/mol. The van der Waals surface area contributed by atoms with Gasteiger partial charge >= 0.3 is 12.0 Å². The molecule has 1 heterocycles. The van der Waals surface area contributed by atoms with Crippen molar-refractivity contribution >= 4 is 17.7 Å². The van der Waals surface area contributed by atoms with Crippen molar-refractivity contribution in [3.63, 3.8) is 0 Å². The van der Waals surface area contributed by atoms with Crippen LogP contribution in [0.1, 0.15) is 13.8 Å². The van der Waals surface area contributed by atoms with Gasteiger partial charge in [-0.3, -0.25) is 9.78 Å². The van der Waals surface area contributed by atoms with E-state index in [0.29, 0.717) is 12.2 Å². The van der Waals surface area contributed by atoms with Crippen molar-refractivity contribution in [3.05, 3.63) is 24.5 Å². The molecule has 0 aliphatic carbocycles. The monoisotopic (exact) mass is 251 g/mol. The number of hydrogen-bond acceptors (Lipinski definition) is 3. The van der Waals surface area contributed by atoms with Crippen molar-refractivity contribution in [2.75, 3.05) is 18.4 Å². The summed E-state index contributed by atoms with van der Waals surface area (Å²) < 4.78 is 0. The zero-order valence-electron chi connectivity index (χ0n) is 10.5. The highest BCUT2D eigenvalue weighted by Gasteiger charge is 2.17. The first-order chi connectivity index (χ1) is 8.49. The number of anilines is 1. The van der Waals surface area contributed by atoms with Gasteiger partial charge < -0.3 is 15.3 Å². The third kappa shape index (κ3) is 4.82. The average molecular weight is 251 g/mol. The average Bonchev–Trinajstić information content (AvgIpc) is 2.28. The third-order valence-corrected chi connectivity index (χ3v) is 2.11. The lowest BCUT2D eigenvalue weighted by Gasteiger charge is -2.22. The molecule has 0 spiro atoms. The predicted octanol–water partition coefficient (Wildman–Crippen LogP) is 1.66. The Balaban J connectivity index is 2.67. The molecule has 18 heavy (non-hydrogen) atoms. The molecule has 0 atom stereocenters. The Morgan fingerprint density at radius 1 is 1.50 bits per heavy atom. The van der Waals surface area contributed by atoms with Gasteiger partial charge in [0.1, 0.15) is 6.54 Å². The van der Waals surface area contributed by atoms with E-state index in [2.05, 4.69) is 10.3 Å². The number of pyridine rings is 1. The summed E-state index contributed by atoms with van der Waals surface area (Å²) >= 11 is 0. The Labute approximate surface area is 106 Å². The molecule has 0 saturated heterocycles. The number of carbonyl (C=O) groups excluding carboxylic acids is 1. The number of aliphatic carboxylic acids is 1. The minimum atomic E-state index is -1.03. The molecule has 0 aromatic carbocycles. The van der Waals surface area contributed by atoms with Gasteiger partial charge in [0.2, 0.25) is 0 Å². The number of hydrogen-bond donors (Lipinski definition) is 2. The summed E-state index contributed by atoms with van der Waals surface area (Å²) in [4.78, 5) is 27.8. The van der Waals surface area contributed by atoms with Crippen LogP contribution in [0.5, 0.6) is 0 Å². The number of nitrogens with zero attached hydrogens (tertiary/aromatic N) is 2. The number of carboxylic acids is 1. The Bertz CT molecular complexity index is 406. The van der Waals surface area contributed by atoms with Crippen LogP contribution < -0.4 is 5.32 Å². The van der Waals surface area contributed by atoms with Crippen LogP contribution >= 0.6 is 0 Å². The SMILES string of the molecule is CC(C)CN(CC(=O)O)C(=O)Nc1cccnc1. The number of rotatable bonds is 5. The highest BCUT2D eigenvalue weighted by molar-refractivity contribution is 5.91. The van der Waals surface area contributed by atoms with Gasteiger partial charge in [0, 0.05) is 12.7 Å². The first-order valence-electron chi connectivity index (χ1n) is 5.66. The topological polar surface area (TPSA) is 82.5 Å². The maximum atomic E-state index is 11.9. The van der Waals surface area contributed by atoms with E-state index >= 15 is 0 Å². The molecule has 1 aromatic rings. The van der Waals surface area contributed by atoms with Crippen molar-refractivity contribution < 1.29 is 14.7 Å². The fourth-order valence-corrected chi connectivity index (χ4v) is 1.46. The fourth-order valence-electron chi connectivity index (χ4n) is 1.46. The first-order valence-corrected chi connectivity index (χ1v) is 5.66. The minimum absolute atomic E-state index is 0.198. The summed E-state index contributed by atoms with van der Waals surface area (Å²) in [5, 5.41) is 11.4. The van der Waals surface area contributed by atoms with Crippen LogP contribution in [0.4, 0.5) is 10.5 Å². The lowest BCUT2D eigenvalue weighted by atomic mass is 10.2. The summed E-state index contributed by atoms with van der Waals surface area (Å²) in [6, 6.07) is 2.96. The maximum absolute atomic E-state index is 11.9. The summed E-state index contributed by atoms with van der Waals surface area (Å²) in [6.07, 6.45) is 3.10. The van der Waals surface area contributed by atoms with Crippen LogP contribution in [0.3, 0.4) is 0 Å². The maximum Gasteiger partial charge on any atom is 0.323 e. The molecule has 2 amide bonds. The number of amides is 2. The van der Waals surface area contributed by atoms with Gasteiger partial charge in [-0.1, -0.05) is 13.8 Å². The second-order valence-electron chi connectivity index (χ2n) is 4.34. The number of urea groups is 1. The second-order valence-corrected chi connectivity index (χ2v) is 4.34. The van der Waals surface area contributed by atoms with E-state index in [1.165, 1.54) is 11.1 Å². The van der Waals surface area contributed by atoms with Crippen LogP contribution in [-0.2, 0) is 4.79 Å². The summed E-state index contributed by atoms with van der Waals surface area (Å²) in [7, 11) is 0. The molecule has 0 aliphatic rings. The number of carbonyl (C=O) groups is 2. The molecule has 2 N–H and O–H groups in total. The molecule has 0 radical (unpaired) electrons. The minimum Gasteiger partial charge on any atom is -0.480 e. The molecular weight excluding hydrogens is 234 g/mol. The quantitative estimate of drug-likeness (QED) is 0.833. The van der Waals surface area contributed by atoms with E-state index in [-0.39, 0.29) is 12.5 Å². The highest BCUT2D eigenvalue weighted by atomic mass is 16.4. The third-order valence-electron chi connectivity index (χ3n) is 2.11. The standard InChI is InChI=1S/C12H17N3O3/c1-9(2)7-15(8-11(16)17)12(18)14-10-4-3-5-13-6-10/h3-6,9H,7-8H2,1-2H3,(H,14,18)(H,16,17). The second kappa shape index (κ2) is 6.58. The lowest BCUT2D eigenvalue weighted by molar-refractivity contribution is -0.137. The van der Waals surface area contributed by atoms with Crippen LogP contribution in [0.25, 0.3) is 0 Å². The Morgan fingerprint density at radius 2 is 2.22 bits per heavy atom.